The van der Waals surface area contributed by atoms with Crippen molar-refractivity contribution in [2.75, 3.05) is 6.61 Å². The molecule has 0 saturated carbocycles. The highest BCUT2D eigenvalue weighted by atomic mass is 16.7. The Morgan fingerprint density at radius 1 is 1.64 bits per heavy atom. The van der Waals surface area contributed by atoms with E-state index in [0.29, 0.717) is 6.61 Å². The van der Waals surface area contributed by atoms with Crippen LogP contribution in [0.2, 0.25) is 0 Å². The van der Waals surface area contributed by atoms with Crippen molar-refractivity contribution in [3.05, 3.63) is 12.2 Å². The standard InChI is InChI=1S/C8H12O3/c1-4-3-10-8-6(9)5(2)7(4)11-8/h5-9H,1,3H2,2H3/t5-,6+,7+,8+/m0/s1. The van der Waals surface area contributed by atoms with Gasteiger partial charge in [-0.05, 0) is 5.57 Å². The topological polar surface area (TPSA) is 38.7 Å². The monoisotopic (exact) mass is 156 g/mol. The quantitative estimate of drug-likeness (QED) is 0.512. The Bertz CT molecular complexity index is 190. The Kier molecular flexibility index (Phi) is 1.52. The minimum atomic E-state index is -0.487. The van der Waals surface area contributed by atoms with E-state index in [1.807, 2.05) is 6.92 Å². The lowest BCUT2D eigenvalue weighted by Crippen LogP contribution is -2.29. The van der Waals surface area contributed by atoms with Gasteiger partial charge in [0.15, 0.2) is 6.29 Å². The summed E-state index contributed by atoms with van der Waals surface area (Å²) in [6.07, 6.45) is -0.900. The van der Waals surface area contributed by atoms with Gasteiger partial charge in [-0.1, -0.05) is 13.5 Å². The van der Waals surface area contributed by atoms with E-state index in [0.717, 1.165) is 5.57 Å². The molecule has 0 unspecified atom stereocenters. The maximum atomic E-state index is 9.49. The first kappa shape index (κ1) is 7.28. The zero-order valence-electron chi connectivity index (χ0n) is 6.49. The maximum absolute atomic E-state index is 9.49. The van der Waals surface area contributed by atoms with E-state index in [4.69, 9.17) is 9.47 Å². The Morgan fingerprint density at radius 2 is 2.36 bits per heavy atom. The van der Waals surface area contributed by atoms with Gasteiger partial charge in [0.1, 0.15) is 6.10 Å². The molecule has 0 aromatic carbocycles. The summed E-state index contributed by atoms with van der Waals surface area (Å²) in [7, 11) is 0. The van der Waals surface area contributed by atoms with Gasteiger partial charge in [-0.25, -0.2) is 0 Å². The number of fused-ring (bicyclic) bond motifs is 2. The van der Waals surface area contributed by atoms with Gasteiger partial charge >= 0.3 is 0 Å². The van der Waals surface area contributed by atoms with Gasteiger partial charge in [0.2, 0.25) is 0 Å². The second-order valence-electron chi connectivity index (χ2n) is 3.24. The summed E-state index contributed by atoms with van der Waals surface area (Å²) in [5.41, 5.74) is 0.935. The first-order chi connectivity index (χ1) is 5.20. The Morgan fingerprint density at radius 3 is 3.00 bits per heavy atom. The highest BCUT2D eigenvalue weighted by Crippen LogP contribution is 2.35. The van der Waals surface area contributed by atoms with Gasteiger partial charge in [-0.2, -0.15) is 0 Å². The molecule has 2 heterocycles. The lowest BCUT2D eigenvalue weighted by molar-refractivity contribution is -0.177. The fraction of sp³-hybridized carbons (Fsp3) is 0.750. The second kappa shape index (κ2) is 2.30. The average Bonchev–Trinajstić information content (AvgIpc) is 2.24. The normalized spacial score (nSPS) is 49.8. The van der Waals surface area contributed by atoms with Crippen LogP contribution in [0.15, 0.2) is 12.2 Å². The minimum absolute atomic E-state index is 0.00347. The minimum Gasteiger partial charge on any atom is -0.387 e. The van der Waals surface area contributed by atoms with Gasteiger partial charge in [0.25, 0.3) is 0 Å². The van der Waals surface area contributed by atoms with Gasteiger partial charge < -0.3 is 14.6 Å². The number of rotatable bonds is 0. The lowest BCUT2D eigenvalue weighted by atomic mass is 9.97. The van der Waals surface area contributed by atoms with Crippen LogP contribution in [0.1, 0.15) is 6.92 Å². The van der Waals surface area contributed by atoms with Crippen LogP contribution in [-0.2, 0) is 9.47 Å². The van der Waals surface area contributed by atoms with Crippen LogP contribution < -0.4 is 0 Å². The van der Waals surface area contributed by atoms with E-state index in [1.165, 1.54) is 0 Å². The third kappa shape index (κ3) is 0.922. The highest BCUT2D eigenvalue weighted by molar-refractivity contribution is 5.11. The zero-order valence-corrected chi connectivity index (χ0v) is 6.49. The van der Waals surface area contributed by atoms with E-state index in [9.17, 15) is 5.11 Å². The van der Waals surface area contributed by atoms with Gasteiger partial charge in [0, 0.05) is 5.92 Å². The summed E-state index contributed by atoms with van der Waals surface area (Å²) in [6.45, 7) is 6.29. The van der Waals surface area contributed by atoms with Crippen LogP contribution >= 0.6 is 0 Å². The summed E-state index contributed by atoms with van der Waals surface area (Å²) in [4.78, 5) is 0. The first-order valence-corrected chi connectivity index (χ1v) is 3.83. The van der Waals surface area contributed by atoms with Crippen LogP contribution in [0.25, 0.3) is 0 Å². The van der Waals surface area contributed by atoms with Crippen molar-refractivity contribution < 1.29 is 14.6 Å². The first-order valence-electron chi connectivity index (χ1n) is 3.83. The van der Waals surface area contributed by atoms with Crippen molar-refractivity contribution in [1.29, 1.82) is 0 Å². The molecule has 0 aromatic heterocycles. The predicted octanol–water partition coefficient (Wildman–Crippen LogP) is 0.295. The van der Waals surface area contributed by atoms with Crippen LogP contribution in [-0.4, -0.2) is 30.2 Å². The van der Waals surface area contributed by atoms with Crippen molar-refractivity contribution in [1.82, 2.24) is 0 Å². The second-order valence-corrected chi connectivity index (χ2v) is 3.24. The largest absolute Gasteiger partial charge is 0.387 e. The molecule has 0 aliphatic carbocycles. The number of hydrogen-bond donors (Lipinski definition) is 1. The molecule has 2 saturated heterocycles. The van der Waals surface area contributed by atoms with E-state index < -0.39 is 12.4 Å². The molecular formula is C8H12O3. The van der Waals surface area contributed by atoms with Crippen molar-refractivity contribution in [2.24, 2.45) is 5.92 Å². The Labute approximate surface area is 65.6 Å². The SMILES string of the molecule is C=C1CO[C@@H]2O[C@H]1[C@@H](C)[C@H]2O. The Hall–Kier alpha value is -0.380. The number of ether oxygens (including phenoxy) is 2. The fourth-order valence-electron chi connectivity index (χ4n) is 1.65. The molecule has 2 rings (SSSR count). The third-order valence-corrected chi connectivity index (χ3v) is 2.41. The van der Waals surface area contributed by atoms with Gasteiger partial charge in [-0.15, -0.1) is 0 Å². The molecule has 0 spiro atoms. The average molecular weight is 156 g/mol. The van der Waals surface area contributed by atoms with E-state index >= 15 is 0 Å². The van der Waals surface area contributed by atoms with E-state index in [1.54, 1.807) is 0 Å². The van der Waals surface area contributed by atoms with E-state index in [2.05, 4.69) is 6.58 Å². The molecule has 3 nitrogen and oxygen atoms in total. The van der Waals surface area contributed by atoms with Crippen LogP contribution in [0.4, 0.5) is 0 Å². The summed E-state index contributed by atoms with van der Waals surface area (Å²) in [5, 5.41) is 9.49. The third-order valence-electron chi connectivity index (χ3n) is 2.41. The molecule has 1 N–H and O–H groups in total. The molecule has 11 heavy (non-hydrogen) atoms. The summed E-state index contributed by atoms with van der Waals surface area (Å²) >= 11 is 0. The predicted molar refractivity (Wildman–Crippen MR) is 38.9 cm³/mol. The molecule has 2 aliphatic heterocycles. The molecule has 0 amide bonds. The molecule has 4 atom stereocenters. The molecule has 3 heteroatoms. The Balaban J connectivity index is 2.22. The summed E-state index contributed by atoms with van der Waals surface area (Å²) in [6, 6.07) is 0. The van der Waals surface area contributed by atoms with Gasteiger partial charge in [0.05, 0.1) is 12.7 Å². The molecule has 62 valence electrons. The molecule has 2 bridgehead atoms. The molecule has 2 fully saturated rings. The van der Waals surface area contributed by atoms with Crippen molar-refractivity contribution in [3.63, 3.8) is 0 Å². The van der Waals surface area contributed by atoms with Crippen LogP contribution in [0.3, 0.4) is 0 Å². The molecular weight excluding hydrogens is 144 g/mol. The highest BCUT2D eigenvalue weighted by Gasteiger charge is 2.45. The van der Waals surface area contributed by atoms with Crippen LogP contribution in [0.5, 0.6) is 0 Å². The number of hydrogen-bond acceptors (Lipinski definition) is 3. The fourth-order valence-corrected chi connectivity index (χ4v) is 1.65. The summed E-state index contributed by atoms with van der Waals surface area (Å²) in [5.74, 6) is 0.120. The van der Waals surface area contributed by atoms with Crippen molar-refractivity contribution >= 4 is 0 Å². The van der Waals surface area contributed by atoms with E-state index in [-0.39, 0.29) is 12.0 Å². The lowest BCUT2D eigenvalue weighted by Gasteiger charge is -2.23. The van der Waals surface area contributed by atoms with Gasteiger partial charge in [-0.3, -0.25) is 0 Å². The molecule has 0 radical (unpaired) electrons. The summed E-state index contributed by atoms with van der Waals surface area (Å²) < 4.78 is 10.6. The number of aliphatic hydroxyl groups is 1. The number of aliphatic hydroxyl groups excluding tert-OH is 1. The van der Waals surface area contributed by atoms with Crippen LogP contribution in [0, 0.1) is 5.92 Å². The maximum Gasteiger partial charge on any atom is 0.184 e. The van der Waals surface area contributed by atoms with Crippen molar-refractivity contribution in [2.45, 2.75) is 25.4 Å². The van der Waals surface area contributed by atoms with Crippen molar-refractivity contribution in [3.8, 4) is 0 Å². The molecule has 2 aliphatic rings. The zero-order chi connectivity index (χ0) is 8.01. The molecule has 0 aromatic rings. The smallest absolute Gasteiger partial charge is 0.184 e.